The highest BCUT2D eigenvalue weighted by Crippen LogP contribution is 2.28. The molecule has 1 aliphatic heterocycles. The summed E-state index contributed by atoms with van der Waals surface area (Å²) < 4.78 is 39.1. The molecular weight excluding hydrogens is 517 g/mol. The van der Waals surface area contributed by atoms with Gasteiger partial charge in [-0.15, -0.1) is 0 Å². The lowest BCUT2D eigenvalue weighted by molar-refractivity contribution is 0.145. The van der Waals surface area contributed by atoms with Crippen molar-refractivity contribution >= 4 is 44.8 Å². The van der Waals surface area contributed by atoms with E-state index in [1.165, 1.54) is 19.2 Å². The molecule has 2 N–H and O–H groups in total. The number of ether oxygens (including phenoxy) is 2. The second kappa shape index (κ2) is 10.6. The number of sulfonamides is 1. The molecule has 13 heteroatoms. The molecule has 0 aliphatic carbocycles. The number of aromatic nitrogens is 3. The van der Waals surface area contributed by atoms with Crippen LogP contribution >= 0.6 is 23.2 Å². The molecule has 0 saturated heterocycles. The molecule has 0 saturated carbocycles. The number of rotatable bonds is 7. The van der Waals surface area contributed by atoms with Gasteiger partial charge in [-0.2, -0.15) is 5.10 Å². The number of carbonyl (C=O) groups excluding carboxylic acids is 1. The maximum Gasteiger partial charge on any atom is 0.328 e. The van der Waals surface area contributed by atoms with Crippen molar-refractivity contribution in [2.75, 3.05) is 20.3 Å². The van der Waals surface area contributed by atoms with Gasteiger partial charge in [0.15, 0.2) is 0 Å². The average molecular weight is 538 g/mol. The van der Waals surface area contributed by atoms with Crippen molar-refractivity contribution in [1.29, 1.82) is 0 Å². The van der Waals surface area contributed by atoms with Crippen molar-refractivity contribution in [3.63, 3.8) is 0 Å². The van der Waals surface area contributed by atoms with Gasteiger partial charge in [0.2, 0.25) is 5.88 Å². The Labute approximate surface area is 211 Å². The van der Waals surface area contributed by atoms with Crippen molar-refractivity contribution in [1.82, 2.24) is 24.8 Å². The molecule has 184 valence electrons. The van der Waals surface area contributed by atoms with Crippen LogP contribution in [0, 0.1) is 0 Å². The summed E-state index contributed by atoms with van der Waals surface area (Å²) in [6.07, 6.45) is 4.58. The topological polar surface area (TPSA) is 124 Å². The Hall–Kier alpha value is -3.12. The summed E-state index contributed by atoms with van der Waals surface area (Å²) in [6.45, 7) is 1.20. The van der Waals surface area contributed by atoms with E-state index in [1.807, 2.05) is 10.8 Å². The Bertz CT molecular complexity index is 1370. The van der Waals surface area contributed by atoms with E-state index in [1.54, 1.807) is 29.1 Å². The molecule has 3 heterocycles. The van der Waals surface area contributed by atoms with E-state index < -0.39 is 16.1 Å². The molecule has 2 aromatic heterocycles. The molecule has 35 heavy (non-hydrogen) atoms. The van der Waals surface area contributed by atoms with Crippen LogP contribution in [0.2, 0.25) is 10.0 Å². The summed E-state index contributed by atoms with van der Waals surface area (Å²) in [4.78, 5) is 15.9. The second-order valence-electron chi connectivity index (χ2n) is 7.49. The minimum absolute atomic E-state index is 0.0627. The molecule has 0 bridgehead atoms. The molecule has 4 rings (SSSR count). The van der Waals surface area contributed by atoms with Crippen LogP contribution in [0.15, 0.2) is 53.7 Å². The molecule has 10 nitrogen and oxygen atoms in total. The fourth-order valence-corrected chi connectivity index (χ4v) is 4.80. The number of hydrogen-bond donors (Lipinski definition) is 2. The van der Waals surface area contributed by atoms with E-state index in [2.05, 4.69) is 15.4 Å². The summed E-state index contributed by atoms with van der Waals surface area (Å²) in [6, 6.07) is 7.07. The van der Waals surface area contributed by atoms with Crippen molar-refractivity contribution in [3.05, 3.63) is 75.7 Å². The monoisotopic (exact) mass is 537 g/mol. The Morgan fingerprint density at radius 1 is 1.23 bits per heavy atom. The molecule has 3 aromatic rings. The first-order chi connectivity index (χ1) is 16.8. The molecule has 1 aromatic carbocycles. The zero-order chi connectivity index (χ0) is 25.0. The molecular formula is C22H21Cl2N5O5S. The minimum atomic E-state index is -4.09. The maximum atomic E-state index is 12.4. The summed E-state index contributed by atoms with van der Waals surface area (Å²) >= 11 is 12.3. The fraction of sp³-hybridized carbons (Fsp3) is 0.227. The van der Waals surface area contributed by atoms with E-state index in [-0.39, 0.29) is 17.3 Å². The third-order valence-electron chi connectivity index (χ3n) is 5.14. The van der Waals surface area contributed by atoms with Crippen LogP contribution in [0.1, 0.15) is 16.8 Å². The third kappa shape index (κ3) is 5.93. The standard InChI is InChI=1S/C22H21Cl2N5O5S/c1-33-20-5-4-18(10-26-20)35(31,32)28-22(30)25-7-6-15-12-34-13-16-9-27-29(21(15)16)11-14-2-3-17(23)8-19(14)24/h2-6,8-10H,7,11-13H2,1H3,(H2,25,28,30). The van der Waals surface area contributed by atoms with Gasteiger partial charge in [-0.25, -0.2) is 22.9 Å². The third-order valence-corrected chi connectivity index (χ3v) is 7.04. The highest BCUT2D eigenvalue weighted by atomic mass is 35.5. The van der Waals surface area contributed by atoms with Crippen LogP contribution < -0.4 is 14.8 Å². The van der Waals surface area contributed by atoms with Crippen LogP contribution in [0.4, 0.5) is 4.79 Å². The lowest BCUT2D eigenvalue weighted by Gasteiger charge is -2.19. The number of amides is 2. The molecule has 2 amide bonds. The average Bonchev–Trinajstić information content (AvgIpc) is 3.24. The van der Waals surface area contributed by atoms with Crippen molar-refractivity contribution in [3.8, 4) is 5.88 Å². The van der Waals surface area contributed by atoms with Crippen LogP contribution in [-0.2, 0) is 27.9 Å². The van der Waals surface area contributed by atoms with Gasteiger partial charge in [0.1, 0.15) is 4.90 Å². The number of hydrogen-bond acceptors (Lipinski definition) is 7. The molecule has 0 atom stereocenters. The van der Waals surface area contributed by atoms with Gasteiger partial charge < -0.3 is 14.8 Å². The zero-order valence-corrected chi connectivity index (χ0v) is 20.8. The Morgan fingerprint density at radius 3 is 2.77 bits per heavy atom. The molecule has 1 aliphatic rings. The summed E-state index contributed by atoms with van der Waals surface area (Å²) in [5.74, 6) is 0.256. The largest absolute Gasteiger partial charge is 0.481 e. The van der Waals surface area contributed by atoms with Gasteiger partial charge in [0, 0.05) is 33.8 Å². The van der Waals surface area contributed by atoms with Crippen molar-refractivity contribution in [2.24, 2.45) is 0 Å². The van der Waals surface area contributed by atoms with E-state index in [0.717, 1.165) is 28.6 Å². The Kier molecular flexibility index (Phi) is 7.60. The van der Waals surface area contributed by atoms with Crippen LogP contribution in [0.25, 0.3) is 5.57 Å². The highest BCUT2D eigenvalue weighted by molar-refractivity contribution is 7.90. The van der Waals surface area contributed by atoms with Crippen molar-refractivity contribution in [2.45, 2.75) is 18.0 Å². The van der Waals surface area contributed by atoms with Crippen LogP contribution in [0.3, 0.4) is 0 Å². The fourth-order valence-electron chi connectivity index (χ4n) is 3.46. The normalized spacial score (nSPS) is 14.4. The molecule has 0 spiro atoms. The summed E-state index contributed by atoms with van der Waals surface area (Å²) in [5, 5.41) is 8.05. The van der Waals surface area contributed by atoms with E-state index in [9.17, 15) is 13.2 Å². The Balaban J connectivity index is 1.43. The highest BCUT2D eigenvalue weighted by Gasteiger charge is 2.21. The maximum absolute atomic E-state index is 12.4. The lowest BCUT2D eigenvalue weighted by Crippen LogP contribution is -2.39. The number of carbonyl (C=O) groups is 1. The second-order valence-corrected chi connectivity index (χ2v) is 10.0. The summed E-state index contributed by atoms with van der Waals surface area (Å²) in [7, 11) is -2.68. The van der Waals surface area contributed by atoms with E-state index in [0.29, 0.717) is 29.8 Å². The predicted molar refractivity (Wildman–Crippen MR) is 130 cm³/mol. The number of urea groups is 1. The quantitative estimate of drug-likeness (QED) is 0.473. The van der Waals surface area contributed by atoms with Gasteiger partial charge in [-0.3, -0.25) is 4.68 Å². The number of methoxy groups -OCH3 is 1. The first-order valence-corrected chi connectivity index (χ1v) is 12.6. The smallest absolute Gasteiger partial charge is 0.328 e. The molecule has 0 fully saturated rings. The van der Waals surface area contributed by atoms with Gasteiger partial charge in [-0.1, -0.05) is 35.3 Å². The number of fused-ring (bicyclic) bond motifs is 1. The van der Waals surface area contributed by atoms with Gasteiger partial charge >= 0.3 is 6.03 Å². The van der Waals surface area contributed by atoms with Crippen LogP contribution in [0.5, 0.6) is 5.88 Å². The van der Waals surface area contributed by atoms with Gasteiger partial charge in [0.25, 0.3) is 10.0 Å². The van der Waals surface area contributed by atoms with E-state index in [4.69, 9.17) is 32.7 Å². The number of nitrogens with one attached hydrogen (secondary N) is 2. The molecule has 0 unspecified atom stereocenters. The Morgan fingerprint density at radius 2 is 2.06 bits per heavy atom. The SMILES string of the molecule is COc1ccc(S(=O)(=O)NC(=O)NCC=C2COCc3cnn(Cc4ccc(Cl)cc4Cl)c32)cn1. The number of pyridine rings is 1. The summed E-state index contributed by atoms with van der Waals surface area (Å²) in [5.41, 5.74) is 3.41. The molecule has 0 radical (unpaired) electrons. The number of nitrogens with zero attached hydrogens (tertiary/aromatic N) is 3. The lowest BCUT2D eigenvalue weighted by atomic mass is 10.1. The van der Waals surface area contributed by atoms with Gasteiger partial charge in [-0.05, 0) is 23.8 Å². The predicted octanol–water partition coefficient (Wildman–Crippen LogP) is 3.24. The first kappa shape index (κ1) is 25.0. The van der Waals surface area contributed by atoms with Gasteiger partial charge in [0.05, 0.1) is 45.0 Å². The van der Waals surface area contributed by atoms with Crippen LogP contribution in [-0.4, -0.2) is 49.5 Å². The number of halogens is 2. The van der Waals surface area contributed by atoms with Crippen molar-refractivity contribution < 1.29 is 22.7 Å². The first-order valence-electron chi connectivity index (χ1n) is 10.3. The number of benzene rings is 1. The van der Waals surface area contributed by atoms with E-state index >= 15 is 0 Å². The minimum Gasteiger partial charge on any atom is -0.481 e. The zero-order valence-electron chi connectivity index (χ0n) is 18.5.